The van der Waals surface area contributed by atoms with Gasteiger partial charge in [-0.15, -0.1) is 16.8 Å². The maximum Gasteiger partial charge on any atom is 0.177 e. The molecule has 0 atom stereocenters. The summed E-state index contributed by atoms with van der Waals surface area (Å²) in [6, 6.07) is 12.6. The van der Waals surface area contributed by atoms with Crippen molar-refractivity contribution in [3.05, 3.63) is 70.6 Å². The fourth-order valence-corrected chi connectivity index (χ4v) is 4.59. The second kappa shape index (κ2) is 7.85. The first kappa shape index (κ1) is 17.6. The first-order valence-electron chi connectivity index (χ1n) is 9.21. The van der Waals surface area contributed by atoms with Crippen molar-refractivity contribution in [2.24, 2.45) is 0 Å². The molecule has 27 heavy (non-hydrogen) atoms. The fourth-order valence-electron chi connectivity index (χ4n) is 3.55. The van der Waals surface area contributed by atoms with E-state index in [9.17, 15) is 5.26 Å². The third kappa shape index (κ3) is 3.31. The number of nitriles is 1. The summed E-state index contributed by atoms with van der Waals surface area (Å²) in [5.74, 6) is 1.68. The summed E-state index contributed by atoms with van der Waals surface area (Å²) in [5.41, 5.74) is 2.79. The van der Waals surface area contributed by atoms with Crippen LogP contribution in [-0.2, 0) is 13.0 Å². The number of benzene rings is 1. The van der Waals surface area contributed by atoms with Crippen LogP contribution in [0.4, 0.5) is 0 Å². The first-order valence-corrected chi connectivity index (χ1v) is 10.1. The number of allylic oxidation sites excluding steroid dienone is 1. The van der Waals surface area contributed by atoms with E-state index in [0.717, 1.165) is 47.9 Å². The number of rotatable bonds is 4. The minimum Gasteiger partial charge on any atom is -0.330 e. The third-order valence-electron chi connectivity index (χ3n) is 4.86. The lowest BCUT2D eigenvalue weighted by Gasteiger charge is -2.23. The largest absolute Gasteiger partial charge is 0.330 e. The number of nitrogens with zero attached hydrogens (tertiary/aromatic N) is 5. The van der Waals surface area contributed by atoms with Crippen LogP contribution in [0.5, 0.6) is 0 Å². The molecule has 0 N–H and O–H groups in total. The molecule has 2 aromatic rings. The molecule has 0 saturated heterocycles. The normalized spacial score (nSPS) is 18.3. The predicted molar refractivity (Wildman–Crippen MR) is 109 cm³/mol. The Balaban J connectivity index is 1.78. The summed E-state index contributed by atoms with van der Waals surface area (Å²) in [6.45, 7) is 5.41. The number of aromatic nitrogens is 3. The van der Waals surface area contributed by atoms with Crippen LogP contribution in [0.15, 0.2) is 53.4 Å². The van der Waals surface area contributed by atoms with Crippen molar-refractivity contribution in [3.8, 4) is 6.07 Å². The second-order valence-electron chi connectivity index (χ2n) is 6.58. The average Bonchev–Trinajstić information content (AvgIpc) is 3.21. The Kier molecular flexibility index (Phi) is 5.12. The molecular weight excluding hydrogens is 354 g/mol. The Hall–Kier alpha value is -2.78. The van der Waals surface area contributed by atoms with Gasteiger partial charge in [0.25, 0.3) is 0 Å². The van der Waals surface area contributed by atoms with Crippen LogP contribution < -0.4 is 0 Å². The summed E-state index contributed by atoms with van der Waals surface area (Å²) >= 11 is 1.57. The lowest BCUT2D eigenvalue weighted by molar-refractivity contribution is 0.586. The van der Waals surface area contributed by atoms with E-state index in [1.165, 1.54) is 6.42 Å². The molecule has 0 saturated carbocycles. The monoisotopic (exact) mass is 375 g/mol. The highest BCUT2D eigenvalue weighted by atomic mass is 32.2. The van der Waals surface area contributed by atoms with Crippen LogP contribution in [0.1, 0.15) is 36.5 Å². The minimum absolute atomic E-state index is 0.588. The van der Waals surface area contributed by atoms with E-state index in [0.29, 0.717) is 17.9 Å². The van der Waals surface area contributed by atoms with Gasteiger partial charge in [0, 0.05) is 24.9 Å². The summed E-state index contributed by atoms with van der Waals surface area (Å²) in [7, 11) is 0. The van der Waals surface area contributed by atoms with E-state index in [1.54, 1.807) is 11.8 Å². The molecule has 0 spiro atoms. The standard InChI is InChI=1S/C21H21N5S/c1-2-12-25-18(16-9-5-3-6-10-16)15-27-21(25)17(14-22)20-24-23-19-11-7-4-8-13-26(19)20/h2-3,5-6,9-10,15H,1,4,7-8,11-13H2/b21-17-. The zero-order valence-corrected chi connectivity index (χ0v) is 16.0. The van der Waals surface area contributed by atoms with E-state index in [4.69, 9.17) is 0 Å². The molecule has 0 unspecified atom stereocenters. The molecule has 0 aliphatic carbocycles. The van der Waals surface area contributed by atoms with Crippen molar-refractivity contribution in [1.82, 2.24) is 19.7 Å². The Morgan fingerprint density at radius 1 is 1.22 bits per heavy atom. The zero-order chi connectivity index (χ0) is 18.6. The molecule has 0 fully saturated rings. The third-order valence-corrected chi connectivity index (χ3v) is 5.85. The van der Waals surface area contributed by atoms with Crippen LogP contribution >= 0.6 is 11.8 Å². The fraction of sp³-hybridized carbons (Fsp3) is 0.286. The number of hydrogen-bond donors (Lipinski definition) is 0. The van der Waals surface area contributed by atoms with Crippen molar-refractivity contribution in [3.63, 3.8) is 0 Å². The van der Waals surface area contributed by atoms with Crippen LogP contribution in [-0.4, -0.2) is 26.2 Å². The van der Waals surface area contributed by atoms with E-state index in [2.05, 4.69) is 49.9 Å². The maximum atomic E-state index is 10.00. The van der Waals surface area contributed by atoms with Gasteiger partial charge >= 0.3 is 0 Å². The summed E-state index contributed by atoms with van der Waals surface area (Å²) in [6.07, 6.45) is 6.22. The van der Waals surface area contributed by atoms with Gasteiger partial charge in [0.2, 0.25) is 0 Å². The van der Waals surface area contributed by atoms with Gasteiger partial charge in [0.05, 0.1) is 5.70 Å². The van der Waals surface area contributed by atoms with Gasteiger partial charge in [-0.25, -0.2) is 0 Å². The highest BCUT2D eigenvalue weighted by Gasteiger charge is 2.28. The van der Waals surface area contributed by atoms with Gasteiger partial charge in [-0.1, -0.05) is 54.6 Å². The van der Waals surface area contributed by atoms with Gasteiger partial charge in [0.15, 0.2) is 5.82 Å². The number of hydrogen-bond acceptors (Lipinski definition) is 5. The summed E-state index contributed by atoms with van der Waals surface area (Å²) in [4.78, 5) is 2.14. The Morgan fingerprint density at radius 2 is 2.07 bits per heavy atom. The molecular formula is C21H21N5S. The molecule has 2 aliphatic rings. The number of thioether (sulfide) groups is 1. The maximum absolute atomic E-state index is 10.00. The minimum atomic E-state index is 0.588. The molecule has 1 aromatic heterocycles. The van der Waals surface area contributed by atoms with Gasteiger partial charge in [-0.3, -0.25) is 0 Å². The van der Waals surface area contributed by atoms with Gasteiger partial charge in [-0.2, -0.15) is 5.26 Å². The van der Waals surface area contributed by atoms with E-state index >= 15 is 0 Å². The van der Waals surface area contributed by atoms with Gasteiger partial charge in [0.1, 0.15) is 22.5 Å². The second-order valence-corrected chi connectivity index (χ2v) is 7.44. The van der Waals surface area contributed by atoms with Gasteiger partial charge < -0.3 is 9.47 Å². The van der Waals surface area contributed by atoms with Gasteiger partial charge in [-0.05, 0) is 18.4 Å². The summed E-state index contributed by atoms with van der Waals surface area (Å²) < 4.78 is 2.13. The molecule has 0 amide bonds. The molecule has 0 bridgehead atoms. The van der Waals surface area contributed by atoms with Crippen molar-refractivity contribution in [2.45, 2.75) is 32.2 Å². The number of fused-ring (bicyclic) bond motifs is 1. The van der Waals surface area contributed by atoms with E-state index in [-0.39, 0.29) is 0 Å². The lowest BCUT2D eigenvalue weighted by atomic mass is 10.1. The van der Waals surface area contributed by atoms with Crippen LogP contribution in [0.2, 0.25) is 0 Å². The molecule has 5 nitrogen and oxygen atoms in total. The SMILES string of the molecule is C=CCN1C(c2ccccc2)=CS/C1=C(/C#N)c1nnc2n1CCCCC2. The molecule has 0 radical (unpaired) electrons. The van der Waals surface area contributed by atoms with Crippen molar-refractivity contribution < 1.29 is 0 Å². The van der Waals surface area contributed by atoms with Crippen molar-refractivity contribution in [1.29, 1.82) is 5.26 Å². The smallest absolute Gasteiger partial charge is 0.177 e. The molecule has 136 valence electrons. The van der Waals surface area contributed by atoms with Crippen LogP contribution in [0.3, 0.4) is 0 Å². The lowest BCUT2D eigenvalue weighted by Crippen LogP contribution is -2.18. The molecule has 2 aliphatic heterocycles. The molecule has 1 aromatic carbocycles. The van der Waals surface area contributed by atoms with E-state index < -0.39 is 0 Å². The van der Waals surface area contributed by atoms with Crippen molar-refractivity contribution in [2.75, 3.05) is 6.54 Å². The van der Waals surface area contributed by atoms with E-state index in [1.807, 2.05) is 24.3 Å². The highest BCUT2D eigenvalue weighted by Crippen LogP contribution is 2.43. The quantitative estimate of drug-likeness (QED) is 0.584. The first-order chi connectivity index (χ1) is 13.3. The predicted octanol–water partition coefficient (Wildman–Crippen LogP) is 4.43. The molecule has 6 heteroatoms. The molecule has 4 rings (SSSR count). The topological polar surface area (TPSA) is 57.7 Å². The summed E-state index contributed by atoms with van der Waals surface area (Å²) in [5, 5.41) is 21.8. The van der Waals surface area contributed by atoms with Crippen LogP contribution in [0.25, 0.3) is 11.3 Å². The van der Waals surface area contributed by atoms with Crippen molar-refractivity contribution >= 4 is 23.0 Å². The average molecular weight is 376 g/mol. The Labute approximate surface area is 163 Å². The molecule has 3 heterocycles. The Morgan fingerprint density at radius 3 is 2.85 bits per heavy atom. The zero-order valence-electron chi connectivity index (χ0n) is 15.1. The Bertz CT molecular complexity index is 949. The highest BCUT2D eigenvalue weighted by molar-refractivity contribution is 8.06. The number of aryl methyl sites for hydroxylation is 1. The van der Waals surface area contributed by atoms with Crippen LogP contribution in [0, 0.1) is 11.3 Å².